The molecule has 166 valence electrons. The van der Waals surface area contributed by atoms with Gasteiger partial charge in [0.15, 0.2) is 0 Å². The monoisotopic (exact) mass is 394 g/mol. The van der Waals surface area contributed by atoms with Crippen LogP contribution in [-0.4, -0.2) is 12.6 Å². The van der Waals surface area contributed by atoms with E-state index in [1.165, 1.54) is 96.3 Å². The highest BCUT2D eigenvalue weighted by Gasteiger charge is 2.04. The Labute approximate surface area is 176 Å². The van der Waals surface area contributed by atoms with Crippen LogP contribution in [0.5, 0.6) is 0 Å². The number of hydrogen-bond acceptors (Lipinski definition) is 2. The standard InChI is InChI=1S/C26H50O2/c1-4-6-8-9-10-11-12-13-14-15-16-17-18-19-20-22-24-28-26(27)25(3)23-21-7-5-2/h23H,4-22,24H2,1-3H3/b25-23+. The minimum absolute atomic E-state index is 0.128. The Hall–Kier alpha value is -0.790. The second kappa shape index (κ2) is 22.5. The van der Waals surface area contributed by atoms with E-state index in [4.69, 9.17) is 4.74 Å². The lowest BCUT2D eigenvalue weighted by Gasteiger charge is -2.06. The van der Waals surface area contributed by atoms with Crippen LogP contribution in [0.4, 0.5) is 0 Å². The van der Waals surface area contributed by atoms with E-state index < -0.39 is 0 Å². The highest BCUT2D eigenvalue weighted by atomic mass is 16.5. The van der Waals surface area contributed by atoms with Crippen LogP contribution >= 0.6 is 0 Å². The molecule has 0 heterocycles. The van der Waals surface area contributed by atoms with Gasteiger partial charge in [-0.15, -0.1) is 0 Å². The Kier molecular flexibility index (Phi) is 21.9. The number of rotatable bonds is 21. The fraction of sp³-hybridized carbons (Fsp3) is 0.885. The third-order valence-corrected chi connectivity index (χ3v) is 5.56. The van der Waals surface area contributed by atoms with Gasteiger partial charge in [0.1, 0.15) is 0 Å². The molecule has 0 fully saturated rings. The van der Waals surface area contributed by atoms with Crippen molar-refractivity contribution in [3.05, 3.63) is 11.6 Å². The topological polar surface area (TPSA) is 26.3 Å². The summed E-state index contributed by atoms with van der Waals surface area (Å²) in [4.78, 5) is 11.8. The Morgan fingerprint density at radius 3 is 1.43 bits per heavy atom. The maximum absolute atomic E-state index is 11.8. The summed E-state index contributed by atoms with van der Waals surface area (Å²) in [5, 5.41) is 0. The Bertz CT molecular complexity index is 359. The summed E-state index contributed by atoms with van der Waals surface area (Å²) in [5.41, 5.74) is 0.768. The lowest BCUT2D eigenvalue weighted by molar-refractivity contribution is -0.139. The molecule has 28 heavy (non-hydrogen) atoms. The van der Waals surface area contributed by atoms with Gasteiger partial charge in [-0.3, -0.25) is 0 Å². The fourth-order valence-electron chi connectivity index (χ4n) is 3.53. The van der Waals surface area contributed by atoms with Crippen molar-refractivity contribution in [1.29, 1.82) is 0 Å². The molecule has 0 saturated carbocycles. The minimum Gasteiger partial charge on any atom is -0.462 e. The third-order valence-electron chi connectivity index (χ3n) is 5.56. The average Bonchev–Trinajstić information content (AvgIpc) is 2.70. The van der Waals surface area contributed by atoms with Gasteiger partial charge < -0.3 is 4.74 Å². The van der Waals surface area contributed by atoms with Crippen molar-refractivity contribution < 1.29 is 9.53 Å². The van der Waals surface area contributed by atoms with Gasteiger partial charge in [-0.1, -0.05) is 129 Å². The largest absolute Gasteiger partial charge is 0.462 e. The van der Waals surface area contributed by atoms with Gasteiger partial charge in [0.05, 0.1) is 6.61 Å². The van der Waals surface area contributed by atoms with Gasteiger partial charge in [-0.25, -0.2) is 4.79 Å². The zero-order valence-electron chi connectivity index (χ0n) is 19.5. The first-order valence-electron chi connectivity index (χ1n) is 12.6. The van der Waals surface area contributed by atoms with Crippen LogP contribution in [0.3, 0.4) is 0 Å². The number of carbonyl (C=O) groups excluding carboxylic acids is 1. The molecule has 0 spiro atoms. The summed E-state index contributed by atoms with van der Waals surface area (Å²) in [6.45, 7) is 6.90. The third kappa shape index (κ3) is 20.0. The Morgan fingerprint density at radius 2 is 1.00 bits per heavy atom. The van der Waals surface area contributed by atoms with Gasteiger partial charge in [-0.2, -0.15) is 0 Å². The van der Waals surface area contributed by atoms with Crippen molar-refractivity contribution in [2.24, 2.45) is 0 Å². The van der Waals surface area contributed by atoms with Crippen molar-refractivity contribution in [2.75, 3.05) is 6.61 Å². The number of allylic oxidation sites excluding steroid dienone is 1. The van der Waals surface area contributed by atoms with E-state index in [9.17, 15) is 4.79 Å². The van der Waals surface area contributed by atoms with Gasteiger partial charge in [0, 0.05) is 5.57 Å². The molecule has 0 aliphatic heterocycles. The fourth-order valence-corrected chi connectivity index (χ4v) is 3.53. The Morgan fingerprint density at radius 1 is 0.607 bits per heavy atom. The van der Waals surface area contributed by atoms with Crippen molar-refractivity contribution in [3.8, 4) is 0 Å². The second-order valence-electron chi connectivity index (χ2n) is 8.47. The summed E-state index contributed by atoms with van der Waals surface area (Å²) >= 11 is 0. The van der Waals surface area contributed by atoms with E-state index in [0.717, 1.165) is 31.3 Å². The van der Waals surface area contributed by atoms with E-state index >= 15 is 0 Å². The number of ether oxygens (including phenoxy) is 1. The summed E-state index contributed by atoms with van der Waals surface area (Å²) in [7, 11) is 0. The molecule has 2 nitrogen and oxygen atoms in total. The maximum atomic E-state index is 11.8. The molecule has 2 heteroatoms. The quantitative estimate of drug-likeness (QED) is 0.110. The average molecular weight is 395 g/mol. The molecular weight excluding hydrogens is 344 g/mol. The highest BCUT2D eigenvalue weighted by molar-refractivity contribution is 5.87. The van der Waals surface area contributed by atoms with Crippen LogP contribution in [0.15, 0.2) is 11.6 Å². The molecule has 0 aromatic rings. The molecule has 0 aliphatic rings. The molecule has 0 saturated heterocycles. The molecule has 0 N–H and O–H groups in total. The number of esters is 1. The summed E-state index contributed by atoms with van der Waals surface area (Å²) < 4.78 is 5.35. The van der Waals surface area contributed by atoms with Crippen molar-refractivity contribution in [1.82, 2.24) is 0 Å². The number of unbranched alkanes of at least 4 members (excludes halogenated alkanes) is 17. The van der Waals surface area contributed by atoms with Crippen molar-refractivity contribution >= 4 is 5.97 Å². The first kappa shape index (κ1) is 27.2. The molecule has 0 amide bonds. The molecular formula is C26H50O2. The lowest BCUT2D eigenvalue weighted by Crippen LogP contribution is -2.07. The Balaban J connectivity index is 3.23. The molecule has 0 rings (SSSR count). The molecule has 0 atom stereocenters. The van der Waals surface area contributed by atoms with Crippen LogP contribution in [0.2, 0.25) is 0 Å². The van der Waals surface area contributed by atoms with Gasteiger partial charge in [0.25, 0.3) is 0 Å². The van der Waals surface area contributed by atoms with Crippen LogP contribution in [0, 0.1) is 0 Å². The van der Waals surface area contributed by atoms with E-state index in [1.54, 1.807) is 0 Å². The number of hydrogen-bond donors (Lipinski definition) is 0. The maximum Gasteiger partial charge on any atom is 0.333 e. The van der Waals surface area contributed by atoms with Crippen LogP contribution in [-0.2, 0) is 9.53 Å². The summed E-state index contributed by atoms with van der Waals surface area (Å²) in [5.74, 6) is -0.128. The van der Waals surface area contributed by atoms with Crippen LogP contribution in [0.25, 0.3) is 0 Å². The normalized spacial score (nSPS) is 11.8. The molecule has 0 aromatic carbocycles. The first-order valence-corrected chi connectivity index (χ1v) is 12.6. The van der Waals surface area contributed by atoms with Gasteiger partial charge in [-0.05, 0) is 19.8 Å². The molecule has 0 bridgehead atoms. The lowest BCUT2D eigenvalue weighted by atomic mass is 10.0. The zero-order chi connectivity index (χ0) is 20.7. The highest BCUT2D eigenvalue weighted by Crippen LogP contribution is 2.13. The second-order valence-corrected chi connectivity index (χ2v) is 8.47. The summed E-state index contributed by atoms with van der Waals surface area (Å²) in [6, 6.07) is 0. The van der Waals surface area contributed by atoms with E-state index in [2.05, 4.69) is 13.8 Å². The number of carbonyl (C=O) groups is 1. The van der Waals surface area contributed by atoms with Crippen LogP contribution in [0.1, 0.15) is 143 Å². The molecule has 0 aromatic heterocycles. The summed E-state index contributed by atoms with van der Waals surface area (Å²) in [6.07, 6.45) is 27.1. The van der Waals surface area contributed by atoms with Crippen LogP contribution < -0.4 is 0 Å². The predicted molar refractivity (Wildman–Crippen MR) is 124 cm³/mol. The van der Waals surface area contributed by atoms with Gasteiger partial charge >= 0.3 is 5.97 Å². The zero-order valence-corrected chi connectivity index (χ0v) is 19.5. The molecule has 0 aliphatic carbocycles. The van der Waals surface area contributed by atoms with Crippen molar-refractivity contribution in [2.45, 2.75) is 143 Å². The molecule has 0 unspecified atom stereocenters. The van der Waals surface area contributed by atoms with E-state index in [1.807, 2.05) is 13.0 Å². The molecule has 0 radical (unpaired) electrons. The van der Waals surface area contributed by atoms with E-state index in [0.29, 0.717) is 6.61 Å². The minimum atomic E-state index is -0.128. The van der Waals surface area contributed by atoms with Crippen molar-refractivity contribution in [3.63, 3.8) is 0 Å². The predicted octanol–water partition coefficient (Wildman–Crippen LogP) is 8.93. The SMILES string of the molecule is CCCC/C=C(\C)C(=O)OCCCCCCCCCCCCCCCCCC. The smallest absolute Gasteiger partial charge is 0.333 e. The van der Waals surface area contributed by atoms with Gasteiger partial charge in [0.2, 0.25) is 0 Å². The first-order chi connectivity index (χ1) is 13.7. The van der Waals surface area contributed by atoms with E-state index in [-0.39, 0.29) is 5.97 Å².